The number of aromatic nitrogens is 1. The Balaban J connectivity index is 2.03. The van der Waals surface area contributed by atoms with Crippen LogP contribution in [0.15, 0.2) is 24.5 Å². The topological polar surface area (TPSA) is 45.2 Å². The zero-order valence-electron chi connectivity index (χ0n) is 11.7. The van der Waals surface area contributed by atoms with E-state index in [0.717, 1.165) is 4.90 Å². The molecule has 0 bridgehead atoms. The molecule has 0 aliphatic carbocycles. The van der Waals surface area contributed by atoms with Crippen molar-refractivity contribution in [1.29, 1.82) is 0 Å². The molecule has 0 spiro atoms. The Morgan fingerprint density at radius 2 is 1.74 bits per heavy atom. The van der Waals surface area contributed by atoms with Gasteiger partial charge in [0.15, 0.2) is 5.41 Å². The van der Waals surface area contributed by atoms with Crippen molar-refractivity contribution in [3.05, 3.63) is 24.5 Å². The lowest BCUT2D eigenvalue weighted by Gasteiger charge is -2.33. The first-order chi connectivity index (χ1) is 10.6. The molecule has 0 atom stereocenters. The minimum absolute atomic E-state index is 0.363. The normalized spacial score (nSPS) is 18.9. The number of likely N-dealkylation sites (tertiary alicyclic amines) is 1. The summed E-state index contributed by atoms with van der Waals surface area (Å²) in [5.74, 6) is -0.684. The Labute approximate surface area is 127 Å². The lowest BCUT2D eigenvalue weighted by atomic mass is 9.85. The summed E-state index contributed by atoms with van der Waals surface area (Å²) < 4.78 is 77.5. The molecule has 1 saturated heterocycles. The summed E-state index contributed by atoms with van der Waals surface area (Å²) in [5.41, 5.74) is -3.42. The molecule has 4 nitrogen and oxygen atoms in total. The van der Waals surface area contributed by atoms with E-state index >= 15 is 0 Å². The van der Waals surface area contributed by atoms with Gasteiger partial charge in [-0.15, -0.1) is 0 Å². The SMILES string of the molecule is O=C(CN1CCC(C(F)(F)F)(C(F)(F)F)C1)Nc1ccncc1. The molecule has 1 aliphatic rings. The fourth-order valence-electron chi connectivity index (χ4n) is 2.49. The summed E-state index contributed by atoms with van der Waals surface area (Å²) in [6.45, 7) is -2.28. The molecule has 1 fully saturated rings. The van der Waals surface area contributed by atoms with Gasteiger partial charge in [0.2, 0.25) is 5.91 Å². The Morgan fingerprint density at radius 3 is 2.22 bits per heavy atom. The zero-order chi connectivity index (χ0) is 17.3. The van der Waals surface area contributed by atoms with E-state index in [9.17, 15) is 31.1 Å². The molecule has 1 N–H and O–H groups in total. The number of nitrogens with zero attached hydrogens (tertiary/aromatic N) is 2. The molecular weight excluding hydrogens is 328 g/mol. The third-order valence-corrected chi connectivity index (χ3v) is 3.76. The number of carbonyl (C=O) groups excluding carboxylic acids is 1. The van der Waals surface area contributed by atoms with Crippen molar-refractivity contribution >= 4 is 11.6 Å². The van der Waals surface area contributed by atoms with Crippen molar-refractivity contribution in [2.45, 2.75) is 18.8 Å². The van der Waals surface area contributed by atoms with Gasteiger partial charge < -0.3 is 5.32 Å². The van der Waals surface area contributed by atoms with E-state index in [2.05, 4.69) is 10.3 Å². The average Bonchev–Trinajstić information content (AvgIpc) is 2.84. The maximum atomic E-state index is 12.9. The van der Waals surface area contributed by atoms with Crippen molar-refractivity contribution in [2.24, 2.45) is 5.41 Å². The summed E-state index contributed by atoms with van der Waals surface area (Å²) >= 11 is 0. The smallest absolute Gasteiger partial charge is 0.325 e. The van der Waals surface area contributed by atoms with E-state index in [1.54, 1.807) is 0 Å². The van der Waals surface area contributed by atoms with E-state index in [1.165, 1.54) is 24.5 Å². The van der Waals surface area contributed by atoms with Crippen molar-refractivity contribution in [1.82, 2.24) is 9.88 Å². The number of alkyl halides is 6. The summed E-state index contributed by atoms with van der Waals surface area (Å²) in [7, 11) is 0. The van der Waals surface area contributed by atoms with Crippen LogP contribution in [0.2, 0.25) is 0 Å². The van der Waals surface area contributed by atoms with Gasteiger partial charge in [-0.3, -0.25) is 14.7 Å². The molecule has 1 aromatic rings. The Bertz CT molecular complexity index is 543. The number of nitrogens with one attached hydrogen (secondary N) is 1. The Morgan fingerprint density at radius 1 is 1.17 bits per heavy atom. The molecule has 1 aliphatic heterocycles. The molecule has 10 heteroatoms. The van der Waals surface area contributed by atoms with Crippen LogP contribution < -0.4 is 5.32 Å². The number of anilines is 1. The fourth-order valence-corrected chi connectivity index (χ4v) is 2.49. The average molecular weight is 341 g/mol. The second kappa shape index (κ2) is 5.99. The van der Waals surface area contributed by atoms with Crippen molar-refractivity contribution in [2.75, 3.05) is 25.0 Å². The first kappa shape index (κ1) is 17.5. The number of hydrogen-bond donors (Lipinski definition) is 1. The second-order valence-electron chi connectivity index (χ2n) is 5.32. The van der Waals surface area contributed by atoms with Gasteiger partial charge in [-0.05, 0) is 25.1 Å². The summed E-state index contributed by atoms with van der Waals surface area (Å²) in [6.07, 6.45) is -9.15. The quantitative estimate of drug-likeness (QED) is 0.860. The highest BCUT2D eigenvalue weighted by molar-refractivity contribution is 5.92. The van der Waals surface area contributed by atoms with Crippen LogP contribution in [0.4, 0.5) is 32.0 Å². The molecule has 1 aromatic heterocycles. The summed E-state index contributed by atoms with van der Waals surface area (Å²) in [4.78, 5) is 16.3. The third kappa shape index (κ3) is 3.57. The van der Waals surface area contributed by atoms with Gasteiger partial charge >= 0.3 is 12.4 Å². The van der Waals surface area contributed by atoms with Gasteiger partial charge in [0.25, 0.3) is 0 Å². The van der Waals surface area contributed by atoms with Crippen LogP contribution in [0.1, 0.15) is 6.42 Å². The summed E-state index contributed by atoms with van der Waals surface area (Å²) in [6, 6.07) is 2.91. The predicted molar refractivity (Wildman–Crippen MR) is 68.5 cm³/mol. The van der Waals surface area contributed by atoms with E-state index in [4.69, 9.17) is 0 Å². The molecule has 2 rings (SSSR count). The molecule has 0 saturated carbocycles. The van der Waals surface area contributed by atoms with Crippen LogP contribution in [0, 0.1) is 5.41 Å². The maximum Gasteiger partial charge on any atom is 0.404 e. The van der Waals surface area contributed by atoms with Crippen LogP contribution in [0.5, 0.6) is 0 Å². The molecule has 128 valence electrons. The first-order valence-electron chi connectivity index (χ1n) is 6.61. The van der Waals surface area contributed by atoms with E-state index in [0.29, 0.717) is 5.69 Å². The highest BCUT2D eigenvalue weighted by atomic mass is 19.4. The number of rotatable bonds is 3. The second-order valence-corrected chi connectivity index (χ2v) is 5.32. The van der Waals surface area contributed by atoms with Gasteiger partial charge in [0, 0.05) is 24.6 Å². The highest BCUT2D eigenvalue weighted by Crippen LogP contribution is 2.55. The third-order valence-electron chi connectivity index (χ3n) is 3.76. The lowest BCUT2D eigenvalue weighted by Crippen LogP contribution is -2.52. The Hall–Kier alpha value is -1.84. The van der Waals surface area contributed by atoms with Crippen LogP contribution in [-0.4, -0.2) is 47.8 Å². The van der Waals surface area contributed by atoms with E-state index < -0.39 is 49.7 Å². The largest absolute Gasteiger partial charge is 0.404 e. The summed E-state index contributed by atoms with van der Waals surface area (Å²) in [5, 5.41) is 2.39. The maximum absolute atomic E-state index is 12.9. The molecule has 0 aromatic carbocycles. The number of hydrogen-bond acceptors (Lipinski definition) is 3. The minimum atomic E-state index is -5.42. The monoisotopic (exact) mass is 341 g/mol. The lowest BCUT2D eigenvalue weighted by molar-refractivity contribution is -0.335. The van der Waals surface area contributed by atoms with Gasteiger partial charge in [-0.1, -0.05) is 0 Å². The fraction of sp³-hybridized carbons (Fsp3) is 0.538. The van der Waals surface area contributed by atoms with Gasteiger partial charge in [0.05, 0.1) is 6.54 Å². The van der Waals surface area contributed by atoms with Crippen LogP contribution in [0.3, 0.4) is 0 Å². The standard InChI is InChI=1S/C13H13F6N3O/c14-12(15,16)11(13(17,18)19)3-6-22(8-11)7-10(23)21-9-1-4-20-5-2-9/h1-2,4-5H,3,6-8H2,(H,20,21,23). The number of amides is 1. The zero-order valence-corrected chi connectivity index (χ0v) is 11.7. The van der Waals surface area contributed by atoms with Crippen molar-refractivity contribution in [3.8, 4) is 0 Å². The van der Waals surface area contributed by atoms with Crippen molar-refractivity contribution in [3.63, 3.8) is 0 Å². The molecule has 2 heterocycles. The molecule has 0 unspecified atom stereocenters. The van der Waals surface area contributed by atoms with Crippen LogP contribution in [-0.2, 0) is 4.79 Å². The van der Waals surface area contributed by atoms with Crippen molar-refractivity contribution < 1.29 is 31.1 Å². The molecule has 23 heavy (non-hydrogen) atoms. The number of halogens is 6. The molecular formula is C13H13F6N3O. The predicted octanol–water partition coefficient (Wildman–Crippen LogP) is 2.84. The number of carbonyl (C=O) groups is 1. The highest BCUT2D eigenvalue weighted by Gasteiger charge is 2.72. The number of pyridine rings is 1. The van der Waals surface area contributed by atoms with Crippen LogP contribution in [0.25, 0.3) is 0 Å². The first-order valence-corrected chi connectivity index (χ1v) is 6.61. The molecule has 0 radical (unpaired) electrons. The van der Waals surface area contributed by atoms with Gasteiger partial charge in [-0.25, -0.2) is 0 Å². The van der Waals surface area contributed by atoms with Gasteiger partial charge in [-0.2, -0.15) is 26.3 Å². The van der Waals surface area contributed by atoms with Gasteiger partial charge in [0.1, 0.15) is 0 Å². The van der Waals surface area contributed by atoms with Crippen LogP contribution >= 0.6 is 0 Å². The molecule has 1 amide bonds. The van der Waals surface area contributed by atoms with E-state index in [1.807, 2.05) is 0 Å². The Kier molecular flexibility index (Phi) is 4.56. The van der Waals surface area contributed by atoms with E-state index in [-0.39, 0.29) is 0 Å². The minimum Gasteiger partial charge on any atom is -0.325 e.